The summed E-state index contributed by atoms with van der Waals surface area (Å²) in [6, 6.07) is 10.6. The number of benzene rings is 2. The Labute approximate surface area is 185 Å². The number of quaternary nitrogens is 1. The van der Waals surface area contributed by atoms with Crippen molar-refractivity contribution in [2.24, 2.45) is 0 Å². The molecule has 1 aliphatic rings. The van der Waals surface area contributed by atoms with Crippen molar-refractivity contribution in [2.75, 3.05) is 19.7 Å². The summed E-state index contributed by atoms with van der Waals surface area (Å²) in [5.41, 5.74) is 1.86. The number of allylic oxidation sites excluding steroid dienone is 1. The molecule has 0 amide bonds. The summed E-state index contributed by atoms with van der Waals surface area (Å²) < 4.78 is 11.7. The van der Waals surface area contributed by atoms with Crippen molar-refractivity contribution in [2.45, 2.75) is 53.0 Å². The number of carbonyl (C=O) groups is 1. The van der Waals surface area contributed by atoms with Crippen molar-refractivity contribution in [3.8, 4) is 17.2 Å². The van der Waals surface area contributed by atoms with Gasteiger partial charge in [-0.2, -0.15) is 0 Å². The maximum Gasteiger partial charge on any atom is 0.231 e. The van der Waals surface area contributed by atoms with Crippen LogP contribution < -0.4 is 19.5 Å². The summed E-state index contributed by atoms with van der Waals surface area (Å²) in [6.07, 6.45) is 6.17. The standard InChI is InChI=1S/C26H33NO4/c1-4-7-15-27(16-8-5-2)18-21-22(28)14-13-20-25(29)24(31-26(20)21)17-19-11-9-10-12-23(19)30-6-3/h9-14,17,28H,4-8,15-16,18H2,1-3H3. The first-order chi connectivity index (χ1) is 15.1. The molecule has 1 N–H and O–H groups in total. The largest absolute Gasteiger partial charge is 0.872 e. The average Bonchev–Trinajstić information content (AvgIpc) is 3.08. The molecular formula is C26H33NO4. The minimum absolute atomic E-state index is 0.0620. The fourth-order valence-electron chi connectivity index (χ4n) is 3.89. The molecule has 2 aromatic carbocycles. The number of hydrogen-bond acceptors (Lipinski definition) is 4. The van der Waals surface area contributed by atoms with Crippen LogP contribution in [0.1, 0.15) is 67.9 Å². The molecule has 31 heavy (non-hydrogen) atoms. The van der Waals surface area contributed by atoms with Crippen LogP contribution in [0.3, 0.4) is 0 Å². The molecule has 5 nitrogen and oxygen atoms in total. The van der Waals surface area contributed by atoms with E-state index in [1.54, 1.807) is 12.1 Å². The quantitative estimate of drug-likeness (QED) is 0.559. The molecule has 1 aliphatic heterocycles. The van der Waals surface area contributed by atoms with Crippen LogP contribution in [-0.2, 0) is 6.54 Å². The third kappa shape index (κ3) is 5.47. The van der Waals surface area contributed by atoms with Crippen LogP contribution in [0.15, 0.2) is 42.2 Å². The third-order valence-electron chi connectivity index (χ3n) is 5.60. The van der Waals surface area contributed by atoms with Gasteiger partial charge in [0.05, 0.1) is 25.3 Å². The number of carbonyl (C=O) groups excluding carboxylic acids is 1. The van der Waals surface area contributed by atoms with Crippen molar-refractivity contribution in [3.05, 3.63) is 58.8 Å². The predicted molar refractivity (Wildman–Crippen MR) is 121 cm³/mol. The summed E-state index contributed by atoms with van der Waals surface area (Å²) in [5.74, 6) is 1.12. The molecule has 1 heterocycles. The number of hydrogen-bond donors (Lipinski definition) is 1. The summed E-state index contributed by atoms with van der Waals surface area (Å²) in [4.78, 5) is 14.4. The number of fused-ring (bicyclic) bond motifs is 1. The van der Waals surface area contributed by atoms with Gasteiger partial charge in [-0.15, -0.1) is 0 Å². The Morgan fingerprint density at radius 3 is 2.42 bits per heavy atom. The maximum atomic E-state index is 13.0. The molecule has 0 fully saturated rings. The van der Waals surface area contributed by atoms with E-state index >= 15 is 0 Å². The van der Waals surface area contributed by atoms with E-state index in [4.69, 9.17) is 9.47 Å². The van der Waals surface area contributed by atoms with Crippen molar-refractivity contribution in [3.63, 3.8) is 0 Å². The molecule has 5 heteroatoms. The van der Waals surface area contributed by atoms with Gasteiger partial charge in [0, 0.05) is 11.1 Å². The van der Waals surface area contributed by atoms with Crippen molar-refractivity contribution < 1.29 is 24.3 Å². The van der Waals surface area contributed by atoms with Crippen LogP contribution in [0.5, 0.6) is 17.2 Å². The lowest BCUT2D eigenvalue weighted by Crippen LogP contribution is -3.10. The number of unbranched alkanes of at least 4 members (excludes halogenated alkanes) is 2. The van der Waals surface area contributed by atoms with Gasteiger partial charge in [0.1, 0.15) is 18.0 Å². The number of para-hydroxylation sites is 1. The van der Waals surface area contributed by atoms with E-state index in [9.17, 15) is 9.90 Å². The van der Waals surface area contributed by atoms with E-state index in [-0.39, 0.29) is 17.3 Å². The van der Waals surface area contributed by atoms with E-state index in [2.05, 4.69) is 13.8 Å². The number of ketones is 1. The van der Waals surface area contributed by atoms with Gasteiger partial charge in [0.25, 0.3) is 0 Å². The highest BCUT2D eigenvalue weighted by atomic mass is 16.5. The van der Waals surface area contributed by atoms with Crippen LogP contribution >= 0.6 is 0 Å². The molecular weight excluding hydrogens is 390 g/mol. The SMILES string of the molecule is CCCC[NH+](CCCC)Cc1c([O-])ccc2c1OC(=Cc1ccccc1OCC)C2=O. The second kappa shape index (κ2) is 11.0. The Kier molecular flexibility index (Phi) is 8.13. The molecule has 3 rings (SSSR count). The fraction of sp³-hybridized carbons (Fsp3) is 0.423. The number of ether oxygens (including phenoxy) is 2. The number of nitrogens with one attached hydrogen (secondary N) is 1. The lowest BCUT2D eigenvalue weighted by Gasteiger charge is -2.23. The van der Waals surface area contributed by atoms with E-state index in [0.717, 1.165) is 44.3 Å². The average molecular weight is 424 g/mol. The second-order valence-electron chi connectivity index (χ2n) is 7.96. The number of rotatable bonds is 11. The molecule has 166 valence electrons. The third-order valence-corrected chi connectivity index (χ3v) is 5.60. The van der Waals surface area contributed by atoms with E-state index in [0.29, 0.717) is 35.8 Å². The molecule has 0 radical (unpaired) electrons. The van der Waals surface area contributed by atoms with Gasteiger partial charge in [0.15, 0.2) is 5.76 Å². The number of Topliss-reactive ketones (excluding diaryl/α,β-unsaturated/α-hetero) is 1. The minimum Gasteiger partial charge on any atom is -0.872 e. The monoisotopic (exact) mass is 423 g/mol. The minimum atomic E-state index is -0.189. The topological polar surface area (TPSA) is 63.0 Å². The van der Waals surface area contributed by atoms with E-state index < -0.39 is 0 Å². The van der Waals surface area contributed by atoms with Crippen LogP contribution in [0.4, 0.5) is 0 Å². The molecule has 0 atom stereocenters. The lowest BCUT2D eigenvalue weighted by molar-refractivity contribution is -0.914. The molecule has 0 aromatic heterocycles. The molecule has 0 bridgehead atoms. The second-order valence-corrected chi connectivity index (χ2v) is 7.96. The van der Waals surface area contributed by atoms with Crippen molar-refractivity contribution in [1.29, 1.82) is 0 Å². The maximum absolute atomic E-state index is 13.0. The summed E-state index contributed by atoms with van der Waals surface area (Å²) in [5, 5.41) is 12.7. The van der Waals surface area contributed by atoms with Crippen LogP contribution in [0.2, 0.25) is 0 Å². The Balaban J connectivity index is 1.90. The highest BCUT2D eigenvalue weighted by Gasteiger charge is 2.31. The molecule has 0 spiro atoms. The first kappa shape index (κ1) is 22.9. The summed E-state index contributed by atoms with van der Waals surface area (Å²) >= 11 is 0. The van der Waals surface area contributed by atoms with Crippen molar-refractivity contribution >= 4 is 11.9 Å². The molecule has 0 saturated carbocycles. The first-order valence-corrected chi connectivity index (χ1v) is 11.4. The molecule has 0 unspecified atom stereocenters. The van der Waals surface area contributed by atoms with Gasteiger partial charge in [-0.1, -0.05) is 56.7 Å². The predicted octanol–water partition coefficient (Wildman–Crippen LogP) is 3.76. The van der Waals surface area contributed by atoms with E-state index in [1.807, 2.05) is 31.2 Å². The summed E-state index contributed by atoms with van der Waals surface area (Å²) in [7, 11) is 0. The summed E-state index contributed by atoms with van der Waals surface area (Å²) in [6.45, 7) is 9.41. The van der Waals surface area contributed by atoms with Gasteiger partial charge in [-0.05, 0) is 38.0 Å². The molecule has 2 aromatic rings. The zero-order chi connectivity index (χ0) is 22.2. The fourth-order valence-corrected chi connectivity index (χ4v) is 3.89. The Morgan fingerprint density at radius 2 is 1.74 bits per heavy atom. The first-order valence-electron chi connectivity index (χ1n) is 11.4. The van der Waals surface area contributed by atoms with E-state index in [1.165, 1.54) is 11.0 Å². The van der Waals surface area contributed by atoms with Crippen LogP contribution in [0.25, 0.3) is 6.08 Å². The normalized spacial score (nSPS) is 14.2. The van der Waals surface area contributed by atoms with Gasteiger partial charge in [-0.3, -0.25) is 4.79 Å². The molecule has 0 aliphatic carbocycles. The van der Waals surface area contributed by atoms with Crippen LogP contribution in [-0.4, -0.2) is 25.5 Å². The van der Waals surface area contributed by atoms with Crippen molar-refractivity contribution in [1.82, 2.24) is 0 Å². The van der Waals surface area contributed by atoms with Gasteiger partial charge < -0.3 is 19.5 Å². The smallest absolute Gasteiger partial charge is 0.231 e. The highest BCUT2D eigenvalue weighted by molar-refractivity contribution is 6.15. The zero-order valence-corrected chi connectivity index (χ0v) is 18.8. The molecule has 0 saturated heterocycles. The zero-order valence-electron chi connectivity index (χ0n) is 18.8. The Hall–Kier alpha value is -2.79. The van der Waals surface area contributed by atoms with Gasteiger partial charge >= 0.3 is 0 Å². The van der Waals surface area contributed by atoms with Gasteiger partial charge in [0.2, 0.25) is 5.78 Å². The Morgan fingerprint density at radius 1 is 1.03 bits per heavy atom. The lowest BCUT2D eigenvalue weighted by atomic mass is 10.0. The van der Waals surface area contributed by atoms with Gasteiger partial charge in [-0.25, -0.2) is 0 Å². The van der Waals surface area contributed by atoms with Crippen LogP contribution in [0, 0.1) is 0 Å². The Bertz CT molecular complexity index is 927. The highest BCUT2D eigenvalue weighted by Crippen LogP contribution is 2.38.